The summed E-state index contributed by atoms with van der Waals surface area (Å²) in [4.78, 5) is 11.1. The van der Waals surface area contributed by atoms with Crippen LogP contribution in [0.5, 0.6) is 0 Å². The quantitative estimate of drug-likeness (QED) is 0.560. The number of aliphatic hydroxyl groups excluding tert-OH is 1. The van der Waals surface area contributed by atoms with Crippen molar-refractivity contribution in [2.45, 2.75) is 31.9 Å². The Balaban J connectivity index is 2.40. The van der Waals surface area contributed by atoms with Crippen LogP contribution in [-0.2, 0) is 9.53 Å². The molecule has 12 heavy (non-hydrogen) atoms. The summed E-state index contributed by atoms with van der Waals surface area (Å²) in [5.74, 6) is -0.431. The summed E-state index contributed by atoms with van der Waals surface area (Å²) in [6.45, 7) is 2.16. The number of carbonyl (C=O) groups is 1. The monoisotopic (exact) mass is 173 g/mol. The van der Waals surface area contributed by atoms with Crippen LogP contribution in [0.25, 0.3) is 0 Å². The minimum Gasteiger partial charge on any atom is -0.466 e. The van der Waals surface area contributed by atoms with Gasteiger partial charge in [0.15, 0.2) is 0 Å². The van der Waals surface area contributed by atoms with Crippen LogP contribution in [0.4, 0.5) is 0 Å². The number of esters is 1. The lowest BCUT2D eigenvalue weighted by Crippen LogP contribution is -2.28. The Hall–Kier alpha value is -0.610. The van der Waals surface area contributed by atoms with Crippen molar-refractivity contribution in [3.63, 3.8) is 0 Å². The van der Waals surface area contributed by atoms with Crippen molar-refractivity contribution in [1.82, 2.24) is 0 Å². The predicted octanol–water partition coefficient (Wildman–Crippen LogP) is -0.352. The molecule has 3 atom stereocenters. The van der Waals surface area contributed by atoms with E-state index in [0.29, 0.717) is 19.4 Å². The van der Waals surface area contributed by atoms with Crippen molar-refractivity contribution in [3.05, 3.63) is 0 Å². The van der Waals surface area contributed by atoms with Crippen molar-refractivity contribution in [1.29, 1.82) is 0 Å². The third-order valence-corrected chi connectivity index (χ3v) is 2.20. The van der Waals surface area contributed by atoms with E-state index in [1.54, 1.807) is 6.92 Å². The van der Waals surface area contributed by atoms with E-state index < -0.39 is 6.10 Å². The number of rotatable bonds is 2. The molecule has 0 saturated heterocycles. The Morgan fingerprint density at radius 1 is 1.67 bits per heavy atom. The normalized spacial score (nSPS) is 35.1. The van der Waals surface area contributed by atoms with E-state index in [-0.39, 0.29) is 17.9 Å². The summed E-state index contributed by atoms with van der Waals surface area (Å²) in [7, 11) is 0. The molecule has 1 saturated carbocycles. The molecule has 1 rings (SSSR count). The standard InChI is InChI=1S/C8H15NO3/c1-2-12-8(11)5-3-6(9)7(10)4-5/h5-7,10H,2-4,9H2,1H3/t5-,6+,7-/m0/s1. The molecule has 0 aromatic heterocycles. The summed E-state index contributed by atoms with van der Waals surface area (Å²) in [5.41, 5.74) is 5.54. The zero-order chi connectivity index (χ0) is 9.14. The molecule has 0 aromatic rings. The largest absolute Gasteiger partial charge is 0.466 e. The van der Waals surface area contributed by atoms with Crippen LogP contribution in [0.15, 0.2) is 0 Å². The number of carbonyl (C=O) groups excluding carboxylic acids is 1. The van der Waals surface area contributed by atoms with Gasteiger partial charge in [0.25, 0.3) is 0 Å². The maximum atomic E-state index is 11.1. The molecule has 0 unspecified atom stereocenters. The molecular formula is C8H15NO3. The van der Waals surface area contributed by atoms with E-state index in [1.165, 1.54) is 0 Å². The minimum atomic E-state index is -0.542. The van der Waals surface area contributed by atoms with Crippen molar-refractivity contribution in [2.75, 3.05) is 6.61 Å². The van der Waals surface area contributed by atoms with Crippen LogP contribution in [0.2, 0.25) is 0 Å². The molecule has 0 radical (unpaired) electrons. The van der Waals surface area contributed by atoms with E-state index in [2.05, 4.69) is 0 Å². The van der Waals surface area contributed by atoms with Gasteiger partial charge in [0, 0.05) is 6.04 Å². The Morgan fingerprint density at radius 2 is 2.33 bits per heavy atom. The highest BCUT2D eigenvalue weighted by Gasteiger charge is 2.35. The summed E-state index contributed by atoms with van der Waals surface area (Å²) < 4.78 is 4.82. The number of ether oxygens (including phenoxy) is 1. The predicted molar refractivity (Wildman–Crippen MR) is 43.3 cm³/mol. The average molecular weight is 173 g/mol. The average Bonchev–Trinajstić information content (AvgIpc) is 2.33. The maximum absolute atomic E-state index is 11.1. The topological polar surface area (TPSA) is 72.5 Å². The molecule has 70 valence electrons. The summed E-state index contributed by atoms with van der Waals surface area (Å²) >= 11 is 0. The second kappa shape index (κ2) is 3.87. The van der Waals surface area contributed by atoms with Crippen LogP contribution in [0.1, 0.15) is 19.8 Å². The van der Waals surface area contributed by atoms with Gasteiger partial charge in [-0.2, -0.15) is 0 Å². The minimum absolute atomic E-state index is 0.199. The first-order valence-corrected chi connectivity index (χ1v) is 4.25. The lowest BCUT2D eigenvalue weighted by molar-refractivity contribution is -0.148. The molecule has 0 bridgehead atoms. The number of hydrogen-bond donors (Lipinski definition) is 2. The third-order valence-electron chi connectivity index (χ3n) is 2.20. The van der Waals surface area contributed by atoms with Crippen molar-refractivity contribution < 1.29 is 14.6 Å². The van der Waals surface area contributed by atoms with Gasteiger partial charge >= 0.3 is 5.97 Å². The van der Waals surface area contributed by atoms with Crippen LogP contribution < -0.4 is 5.73 Å². The summed E-state index contributed by atoms with van der Waals surface area (Å²) in [6.07, 6.45) is 0.444. The molecule has 0 aliphatic heterocycles. The highest BCUT2D eigenvalue weighted by molar-refractivity contribution is 5.73. The first kappa shape index (κ1) is 9.48. The van der Waals surface area contributed by atoms with E-state index >= 15 is 0 Å². The summed E-state index contributed by atoms with van der Waals surface area (Å²) in [5, 5.41) is 9.25. The Kier molecular flexibility index (Phi) is 3.05. The number of nitrogens with two attached hydrogens (primary N) is 1. The lowest BCUT2D eigenvalue weighted by atomic mass is 10.1. The lowest BCUT2D eigenvalue weighted by Gasteiger charge is -2.06. The second-order valence-electron chi connectivity index (χ2n) is 3.15. The molecular weight excluding hydrogens is 158 g/mol. The van der Waals surface area contributed by atoms with Gasteiger partial charge in [-0.25, -0.2) is 0 Å². The van der Waals surface area contributed by atoms with E-state index in [0.717, 1.165) is 0 Å². The van der Waals surface area contributed by atoms with Crippen LogP contribution in [-0.4, -0.2) is 29.8 Å². The third kappa shape index (κ3) is 1.95. The van der Waals surface area contributed by atoms with Crippen LogP contribution in [0.3, 0.4) is 0 Å². The highest BCUT2D eigenvalue weighted by Crippen LogP contribution is 2.25. The van der Waals surface area contributed by atoms with E-state index in [4.69, 9.17) is 10.5 Å². The smallest absolute Gasteiger partial charge is 0.309 e. The van der Waals surface area contributed by atoms with Crippen LogP contribution >= 0.6 is 0 Å². The van der Waals surface area contributed by atoms with Gasteiger partial charge in [0.1, 0.15) is 0 Å². The van der Waals surface area contributed by atoms with Gasteiger partial charge in [0.2, 0.25) is 0 Å². The fraction of sp³-hybridized carbons (Fsp3) is 0.875. The van der Waals surface area contributed by atoms with Crippen molar-refractivity contribution >= 4 is 5.97 Å². The first-order chi connectivity index (χ1) is 5.65. The van der Waals surface area contributed by atoms with Crippen molar-refractivity contribution in [2.24, 2.45) is 11.7 Å². The molecule has 0 heterocycles. The van der Waals surface area contributed by atoms with Gasteiger partial charge < -0.3 is 15.6 Å². The van der Waals surface area contributed by atoms with Gasteiger partial charge in [-0.05, 0) is 19.8 Å². The molecule has 0 spiro atoms. The SMILES string of the molecule is CCOC(=O)[C@H]1C[C@@H](N)[C@@H](O)C1. The van der Waals surface area contributed by atoms with Crippen LogP contribution in [0, 0.1) is 5.92 Å². The van der Waals surface area contributed by atoms with Gasteiger partial charge in [-0.1, -0.05) is 0 Å². The molecule has 0 amide bonds. The number of hydrogen-bond acceptors (Lipinski definition) is 4. The molecule has 1 fully saturated rings. The Labute approximate surface area is 71.7 Å². The zero-order valence-electron chi connectivity index (χ0n) is 7.19. The van der Waals surface area contributed by atoms with E-state index in [9.17, 15) is 9.90 Å². The molecule has 1 aliphatic rings. The highest BCUT2D eigenvalue weighted by atomic mass is 16.5. The zero-order valence-corrected chi connectivity index (χ0v) is 7.19. The molecule has 4 heteroatoms. The van der Waals surface area contributed by atoms with Gasteiger partial charge in [-0.3, -0.25) is 4.79 Å². The molecule has 3 N–H and O–H groups in total. The molecule has 1 aliphatic carbocycles. The van der Waals surface area contributed by atoms with Crippen molar-refractivity contribution in [3.8, 4) is 0 Å². The fourth-order valence-corrected chi connectivity index (χ4v) is 1.50. The Morgan fingerprint density at radius 3 is 2.75 bits per heavy atom. The molecule has 0 aromatic carbocycles. The maximum Gasteiger partial charge on any atom is 0.309 e. The van der Waals surface area contributed by atoms with E-state index in [1.807, 2.05) is 0 Å². The summed E-state index contributed by atoms with van der Waals surface area (Å²) in [6, 6.07) is -0.264. The first-order valence-electron chi connectivity index (χ1n) is 4.25. The number of aliphatic hydroxyl groups is 1. The Bertz CT molecular complexity index is 162. The fourth-order valence-electron chi connectivity index (χ4n) is 1.50. The van der Waals surface area contributed by atoms with Gasteiger partial charge in [-0.15, -0.1) is 0 Å². The molecule has 4 nitrogen and oxygen atoms in total. The van der Waals surface area contributed by atoms with Gasteiger partial charge in [0.05, 0.1) is 18.6 Å². The second-order valence-corrected chi connectivity index (χ2v) is 3.15.